The summed E-state index contributed by atoms with van der Waals surface area (Å²) in [6.07, 6.45) is 0. The van der Waals surface area contributed by atoms with Crippen LogP contribution in [0.1, 0.15) is 0 Å². The molecule has 0 bridgehead atoms. The summed E-state index contributed by atoms with van der Waals surface area (Å²) in [5.41, 5.74) is 0. The number of alkyl halides is 2. The van der Waals surface area contributed by atoms with Crippen LogP contribution >= 0.6 is 40.4 Å². The normalized spacial score (nSPS) is 15.4. The lowest BCUT2D eigenvalue weighted by Gasteiger charge is -2.16. The van der Waals surface area contributed by atoms with Crippen LogP contribution in [0.4, 0.5) is 0 Å². The summed E-state index contributed by atoms with van der Waals surface area (Å²) < 4.78 is 0. The largest absolute Gasteiger partial charge is 0.116 e. The van der Waals surface area contributed by atoms with E-state index < -0.39 is 0 Å². The standard InChI is InChI=1S/C14H14Cl2P2/c15-13(17-11-7-3-1-4-8-11)14(16)18-12-9-5-2-6-10-12/h1-10,13-14,17-18H. The van der Waals surface area contributed by atoms with Gasteiger partial charge in [-0.05, 0) is 10.6 Å². The summed E-state index contributed by atoms with van der Waals surface area (Å²) in [7, 11) is 1.10. The Bertz CT molecular complexity index is 416. The van der Waals surface area contributed by atoms with Crippen LogP contribution in [0.15, 0.2) is 60.7 Å². The van der Waals surface area contributed by atoms with Crippen LogP contribution < -0.4 is 10.6 Å². The summed E-state index contributed by atoms with van der Waals surface area (Å²) in [6, 6.07) is 20.6. The van der Waals surface area contributed by atoms with Gasteiger partial charge in [-0.3, -0.25) is 0 Å². The predicted molar refractivity (Wildman–Crippen MR) is 88.1 cm³/mol. The molecule has 4 atom stereocenters. The molecule has 2 rings (SSSR count). The van der Waals surface area contributed by atoms with Crippen molar-refractivity contribution in [2.75, 3.05) is 0 Å². The van der Waals surface area contributed by atoms with Gasteiger partial charge in [0, 0.05) is 0 Å². The van der Waals surface area contributed by atoms with Gasteiger partial charge in [0.15, 0.2) is 0 Å². The van der Waals surface area contributed by atoms with Crippen LogP contribution in [0.5, 0.6) is 0 Å². The zero-order valence-corrected chi connectivity index (χ0v) is 13.2. The zero-order chi connectivity index (χ0) is 12.8. The van der Waals surface area contributed by atoms with Crippen molar-refractivity contribution in [3.63, 3.8) is 0 Å². The minimum absolute atomic E-state index is 0.00685. The number of hydrogen-bond donors (Lipinski definition) is 0. The lowest BCUT2D eigenvalue weighted by molar-refractivity contribution is 1.31. The lowest BCUT2D eigenvalue weighted by Crippen LogP contribution is -2.11. The third-order valence-electron chi connectivity index (χ3n) is 2.41. The molecule has 0 aliphatic carbocycles. The highest BCUT2D eigenvalue weighted by molar-refractivity contribution is 7.55. The van der Waals surface area contributed by atoms with Gasteiger partial charge in [0.05, 0.1) is 10.2 Å². The molecule has 0 nitrogen and oxygen atoms in total. The van der Waals surface area contributed by atoms with Crippen LogP contribution in [-0.2, 0) is 0 Å². The van der Waals surface area contributed by atoms with Gasteiger partial charge in [-0.2, -0.15) is 0 Å². The molecule has 0 N–H and O–H groups in total. The highest BCUT2D eigenvalue weighted by atomic mass is 35.5. The quantitative estimate of drug-likeness (QED) is 0.575. The van der Waals surface area contributed by atoms with E-state index in [-0.39, 0.29) is 10.2 Å². The number of rotatable bonds is 5. The number of halogens is 2. The molecular weight excluding hydrogens is 301 g/mol. The topological polar surface area (TPSA) is 0 Å². The van der Waals surface area contributed by atoms with Crippen molar-refractivity contribution in [3.8, 4) is 0 Å². The Morgan fingerprint density at radius 2 is 0.944 bits per heavy atom. The molecule has 0 saturated heterocycles. The molecule has 18 heavy (non-hydrogen) atoms. The van der Waals surface area contributed by atoms with Crippen LogP contribution in [0.2, 0.25) is 0 Å². The first-order valence-electron chi connectivity index (χ1n) is 5.67. The third-order valence-corrected chi connectivity index (χ3v) is 7.01. The summed E-state index contributed by atoms with van der Waals surface area (Å²) in [4.78, 5) is 0. The Morgan fingerprint density at radius 3 is 1.28 bits per heavy atom. The molecule has 0 spiro atoms. The minimum Gasteiger partial charge on any atom is -0.116 e. The van der Waals surface area contributed by atoms with Gasteiger partial charge in [-0.15, -0.1) is 23.2 Å². The molecule has 0 aromatic heterocycles. The molecule has 0 aliphatic heterocycles. The third kappa shape index (κ3) is 4.52. The second kappa shape index (κ2) is 7.46. The van der Waals surface area contributed by atoms with E-state index in [1.54, 1.807) is 0 Å². The van der Waals surface area contributed by atoms with E-state index in [1.165, 1.54) is 10.6 Å². The fraction of sp³-hybridized carbons (Fsp3) is 0.143. The second-order valence-corrected chi connectivity index (χ2v) is 8.47. The smallest absolute Gasteiger partial charge is 0.0749 e. The van der Waals surface area contributed by atoms with Crippen molar-refractivity contribution in [2.45, 2.75) is 10.2 Å². The Morgan fingerprint density at radius 1 is 0.611 bits per heavy atom. The van der Waals surface area contributed by atoms with Crippen molar-refractivity contribution in [2.24, 2.45) is 0 Å². The summed E-state index contributed by atoms with van der Waals surface area (Å²) in [5, 5.41) is 2.52. The van der Waals surface area contributed by atoms with E-state index >= 15 is 0 Å². The maximum absolute atomic E-state index is 6.40. The molecule has 2 aromatic rings. The Labute approximate surface area is 122 Å². The van der Waals surface area contributed by atoms with Crippen LogP contribution in [-0.4, -0.2) is 10.2 Å². The van der Waals surface area contributed by atoms with Crippen molar-refractivity contribution < 1.29 is 0 Å². The summed E-state index contributed by atoms with van der Waals surface area (Å²) >= 11 is 12.8. The maximum Gasteiger partial charge on any atom is 0.0749 e. The fourth-order valence-electron chi connectivity index (χ4n) is 1.53. The fourth-order valence-corrected chi connectivity index (χ4v) is 4.87. The van der Waals surface area contributed by atoms with E-state index in [0.29, 0.717) is 17.2 Å². The van der Waals surface area contributed by atoms with Crippen molar-refractivity contribution in [3.05, 3.63) is 60.7 Å². The van der Waals surface area contributed by atoms with E-state index in [0.717, 1.165) is 0 Å². The minimum atomic E-state index is -0.00685. The maximum atomic E-state index is 6.40. The predicted octanol–water partition coefficient (Wildman–Crippen LogP) is 4.12. The van der Waals surface area contributed by atoms with Crippen LogP contribution in [0.25, 0.3) is 0 Å². The van der Waals surface area contributed by atoms with Gasteiger partial charge in [-0.25, -0.2) is 0 Å². The summed E-state index contributed by atoms with van der Waals surface area (Å²) in [5.74, 6) is 0. The average molecular weight is 315 g/mol. The van der Waals surface area contributed by atoms with Gasteiger partial charge in [0.1, 0.15) is 0 Å². The van der Waals surface area contributed by atoms with Gasteiger partial charge < -0.3 is 0 Å². The lowest BCUT2D eigenvalue weighted by atomic mass is 10.4. The molecular formula is C14H14Cl2P2. The highest BCUT2D eigenvalue weighted by Gasteiger charge is 2.17. The van der Waals surface area contributed by atoms with E-state index in [2.05, 4.69) is 24.3 Å². The van der Waals surface area contributed by atoms with Crippen molar-refractivity contribution in [1.82, 2.24) is 0 Å². The second-order valence-electron chi connectivity index (χ2n) is 3.82. The Balaban J connectivity index is 1.91. The molecule has 0 saturated carbocycles. The average Bonchev–Trinajstić information content (AvgIpc) is 2.41. The monoisotopic (exact) mass is 314 g/mol. The zero-order valence-electron chi connectivity index (χ0n) is 9.68. The molecule has 4 unspecified atom stereocenters. The molecule has 0 aliphatic rings. The molecule has 0 radical (unpaired) electrons. The van der Waals surface area contributed by atoms with Crippen molar-refractivity contribution >= 4 is 51.0 Å². The van der Waals surface area contributed by atoms with Crippen LogP contribution in [0.3, 0.4) is 0 Å². The van der Waals surface area contributed by atoms with E-state index in [1.807, 2.05) is 36.4 Å². The van der Waals surface area contributed by atoms with Gasteiger partial charge in [0.25, 0.3) is 0 Å². The molecule has 2 aromatic carbocycles. The van der Waals surface area contributed by atoms with E-state index in [9.17, 15) is 0 Å². The Hall–Kier alpha value is -0.120. The molecule has 4 heteroatoms. The first-order valence-corrected chi connectivity index (χ1v) is 8.70. The molecule has 94 valence electrons. The number of benzene rings is 2. The van der Waals surface area contributed by atoms with Gasteiger partial charge in [0.2, 0.25) is 0 Å². The first kappa shape index (κ1) is 14.3. The number of hydrogen-bond acceptors (Lipinski definition) is 0. The van der Waals surface area contributed by atoms with Crippen molar-refractivity contribution in [1.29, 1.82) is 0 Å². The molecule has 0 amide bonds. The first-order chi connectivity index (χ1) is 8.75. The Kier molecular flexibility index (Phi) is 5.93. The SMILES string of the molecule is ClC(Pc1ccccc1)C(Cl)Pc1ccccc1. The molecule has 0 fully saturated rings. The summed E-state index contributed by atoms with van der Waals surface area (Å²) in [6.45, 7) is 0. The van der Waals surface area contributed by atoms with Gasteiger partial charge in [-0.1, -0.05) is 77.8 Å². The van der Waals surface area contributed by atoms with Crippen LogP contribution in [0, 0.1) is 0 Å². The van der Waals surface area contributed by atoms with E-state index in [4.69, 9.17) is 23.2 Å². The molecule has 0 heterocycles. The van der Waals surface area contributed by atoms with Gasteiger partial charge >= 0.3 is 0 Å². The highest BCUT2D eigenvalue weighted by Crippen LogP contribution is 2.37.